The average Bonchev–Trinajstić information content (AvgIpc) is 2.61. The molecule has 8 heteroatoms. The van der Waals surface area contributed by atoms with E-state index in [4.69, 9.17) is 0 Å². The number of benzene rings is 1. The van der Waals surface area contributed by atoms with Gasteiger partial charge in [-0.05, 0) is 37.8 Å². The molecule has 25 heavy (non-hydrogen) atoms. The van der Waals surface area contributed by atoms with Gasteiger partial charge in [0, 0.05) is 18.0 Å². The first-order valence-corrected chi connectivity index (χ1v) is 9.33. The van der Waals surface area contributed by atoms with Crippen molar-refractivity contribution in [3.8, 4) is 0 Å². The van der Waals surface area contributed by atoms with Crippen LogP contribution in [0.15, 0.2) is 38.8 Å². The monoisotopic (exact) mass is 360 g/mol. The van der Waals surface area contributed by atoms with Gasteiger partial charge in [0.05, 0.1) is 11.6 Å². The minimum absolute atomic E-state index is 0.275. The fourth-order valence-electron chi connectivity index (χ4n) is 3.08. The second kappa shape index (κ2) is 6.79. The van der Waals surface area contributed by atoms with E-state index in [0.29, 0.717) is 12.1 Å². The van der Waals surface area contributed by atoms with Crippen molar-refractivity contribution < 1.29 is 4.79 Å². The number of hydrogen-bond donors (Lipinski definition) is 2. The summed E-state index contributed by atoms with van der Waals surface area (Å²) in [4.78, 5) is 38.6. The quantitative estimate of drug-likeness (QED) is 0.817. The zero-order valence-corrected chi connectivity index (χ0v) is 15.1. The van der Waals surface area contributed by atoms with Crippen molar-refractivity contribution >= 4 is 23.6 Å². The van der Waals surface area contributed by atoms with E-state index in [1.807, 2.05) is 37.4 Å². The van der Waals surface area contributed by atoms with Gasteiger partial charge in [-0.1, -0.05) is 12.1 Å². The van der Waals surface area contributed by atoms with Crippen LogP contribution in [0.4, 0.5) is 10.6 Å². The van der Waals surface area contributed by atoms with Gasteiger partial charge in [-0.2, -0.15) is 0 Å². The lowest BCUT2D eigenvalue weighted by molar-refractivity contribution is 0.248. The van der Waals surface area contributed by atoms with E-state index in [2.05, 4.69) is 10.6 Å². The maximum atomic E-state index is 12.9. The van der Waals surface area contributed by atoms with E-state index in [0.717, 1.165) is 10.5 Å². The summed E-state index contributed by atoms with van der Waals surface area (Å²) in [6.07, 6.45) is 1.98. The van der Waals surface area contributed by atoms with Crippen LogP contribution >= 0.6 is 11.8 Å². The Balaban J connectivity index is 2.27. The smallest absolute Gasteiger partial charge is 0.327 e. The molecule has 0 saturated heterocycles. The summed E-state index contributed by atoms with van der Waals surface area (Å²) >= 11 is 1.62. The van der Waals surface area contributed by atoms with E-state index < -0.39 is 17.8 Å². The van der Waals surface area contributed by atoms with Crippen LogP contribution in [0.1, 0.15) is 31.0 Å². The predicted octanol–water partition coefficient (Wildman–Crippen LogP) is 2.00. The van der Waals surface area contributed by atoms with Gasteiger partial charge < -0.3 is 5.32 Å². The number of carbonyl (C=O) groups excluding carboxylic acids is 1. The molecule has 132 valence electrons. The maximum absolute atomic E-state index is 12.9. The molecule has 3 rings (SSSR count). The normalized spacial score (nSPS) is 16.1. The van der Waals surface area contributed by atoms with Crippen LogP contribution in [0, 0.1) is 0 Å². The minimum Gasteiger partial charge on any atom is -0.327 e. The van der Waals surface area contributed by atoms with Crippen LogP contribution in [0.2, 0.25) is 0 Å². The second-order valence-electron chi connectivity index (χ2n) is 5.64. The van der Waals surface area contributed by atoms with Crippen LogP contribution in [0.3, 0.4) is 0 Å². The summed E-state index contributed by atoms with van der Waals surface area (Å²) < 4.78 is 2.63. The summed E-state index contributed by atoms with van der Waals surface area (Å²) in [5, 5.41) is 5.43. The second-order valence-corrected chi connectivity index (χ2v) is 6.52. The van der Waals surface area contributed by atoms with Gasteiger partial charge in [0.2, 0.25) is 0 Å². The summed E-state index contributed by atoms with van der Waals surface area (Å²) in [7, 11) is 0. The molecule has 2 amide bonds. The molecule has 0 spiro atoms. The van der Waals surface area contributed by atoms with E-state index in [9.17, 15) is 14.4 Å². The Morgan fingerprint density at radius 2 is 1.68 bits per heavy atom. The van der Waals surface area contributed by atoms with Gasteiger partial charge >= 0.3 is 11.7 Å². The molecule has 0 fully saturated rings. The third-order valence-corrected chi connectivity index (χ3v) is 5.08. The van der Waals surface area contributed by atoms with Crippen LogP contribution < -0.4 is 21.9 Å². The predicted molar refractivity (Wildman–Crippen MR) is 98.5 cm³/mol. The number of nitrogens with zero attached hydrogens (tertiary/aromatic N) is 2. The highest BCUT2D eigenvalue weighted by Gasteiger charge is 2.32. The van der Waals surface area contributed by atoms with Crippen LogP contribution in [0.25, 0.3) is 0 Å². The molecule has 2 heterocycles. The molecule has 0 bridgehead atoms. The molecule has 1 unspecified atom stereocenters. The van der Waals surface area contributed by atoms with E-state index in [1.165, 1.54) is 9.13 Å². The lowest BCUT2D eigenvalue weighted by Gasteiger charge is -2.29. The Morgan fingerprint density at radius 1 is 1.04 bits per heavy atom. The minimum atomic E-state index is -0.594. The SMILES string of the molecule is CCn1c2c(c(=O)n(CC)c1=O)C(c1ccc(SC)cc1)NC(=O)N2. The van der Waals surface area contributed by atoms with Gasteiger partial charge in [0.25, 0.3) is 5.56 Å². The first kappa shape index (κ1) is 17.3. The van der Waals surface area contributed by atoms with Gasteiger partial charge in [-0.3, -0.25) is 19.2 Å². The summed E-state index contributed by atoms with van der Waals surface area (Å²) in [6.45, 7) is 4.20. The van der Waals surface area contributed by atoms with Crippen LogP contribution in [0.5, 0.6) is 0 Å². The summed E-state index contributed by atoms with van der Waals surface area (Å²) in [5.74, 6) is 0.282. The van der Waals surface area contributed by atoms with E-state index in [-0.39, 0.29) is 17.9 Å². The molecule has 1 aliphatic heterocycles. The Kier molecular flexibility index (Phi) is 4.71. The van der Waals surface area contributed by atoms with Crippen molar-refractivity contribution in [1.29, 1.82) is 0 Å². The number of urea groups is 1. The van der Waals surface area contributed by atoms with Crippen molar-refractivity contribution in [2.45, 2.75) is 37.9 Å². The van der Waals surface area contributed by atoms with Crippen molar-refractivity contribution in [3.63, 3.8) is 0 Å². The van der Waals surface area contributed by atoms with Gasteiger partial charge in [-0.25, -0.2) is 9.59 Å². The van der Waals surface area contributed by atoms with Crippen molar-refractivity contribution in [2.24, 2.45) is 0 Å². The van der Waals surface area contributed by atoms with Crippen molar-refractivity contribution in [2.75, 3.05) is 11.6 Å². The number of carbonyl (C=O) groups is 1. The highest BCUT2D eigenvalue weighted by atomic mass is 32.2. The summed E-state index contributed by atoms with van der Waals surface area (Å²) in [5.41, 5.74) is 0.404. The Labute approximate surface area is 149 Å². The average molecular weight is 360 g/mol. The Morgan fingerprint density at radius 3 is 2.24 bits per heavy atom. The molecule has 1 aromatic carbocycles. The van der Waals surface area contributed by atoms with Crippen LogP contribution in [-0.2, 0) is 13.1 Å². The largest absolute Gasteiger partial charge is 0.332 e. The number of anilines is 1. The third-order valence-electron chi connectivity index (χ3n) is 4.34. The van der Waals surface area contributed by atoms with Crippen LogP contribution in [-0.4, -0.2) is 21.4 Å². The fraction of sp³-hybridized carbons (Fsp3) is 0.353. The number of hydrogen-bond acceptors (Lipinski definition) is 4. The first-order valence-electron chi connectivity index (χ1n) is 8.10. The lowest BCUT2D eigenvalue weighted by Crippen LogP contribution is -2.50. The third kappa shape index (κ3) is 2.86. The van der Waals surface area contributed by atoms with Gasteiger partial charge in [0.15, 0.2) is 0 Å². The zero-order valence-electron chi connectivity index (χ0n) is 14.3. The molecule has 2 aromatic rings. The molecule has 0 aliphatic carbocycles. The molecule has 7 nitrogen and oxygen atoms in total. The molecular weight excluding hydrogens is 340 g/mol. The number of nitrogens with one attached hydrogen (secondary N) is 2. The first-order chi connectivity index (χ1) is 12.0. The molecule has 2 N–H and O–H groups in total. The summed E-state index contributed by atoms with van der Waals surface area (Å²) in [6, 6.07) is 6.65. The fourth-order valence-corrected chi connectivity index (χ4v) is 3.49. The number of amides is 2. The van der Waals surface area contributed by atoms with Crippen molar-refractivity contribution in [1.82, 2.24) is 14.5 Å². The van der Waals surface area contributed by atoms with E-state index in [1.54, 1.807) is 18.7 Å². The highest BCUT2D eigenvalue weighted by Crippen LogP contribution is 2.29. The highest BCUT2D eigenvalue weighted by molar-refractivity contribution is 7.98. The molecular formula is C17H20N4O3S. The Bertz CT molecular complexity index is 931. The van der Waals surface area contributed by atoms with Crippen molar-refractivity contribution in [3.05, 3.63) is 56.2 Å². The number of thioether (sulfide) groups is 1. The molecule has 1 aliphatic rings. The maximum Gasteiger partial charge on any atom is 0.332 e. The standard InChI is InChI=1S/C17H20N4O3S/c1-4-20-14-12(15(22)21(5-2)17(20)24)13(18-16(23)19-14)10-6-8-11(25-3)9-7-10/h6-9,13H,4-5H2,1-3H3,(H2,18,19,23). The topological polar surface area (TPSA) is 85.1 Å². The molecule has 0 radical (unpaired) electrons. The molecule has 1 aromatic heterocycles. The zero-order chi connectivity index (χ0) is 18.1. The number of rotatable bonds is 4. The van der Waals surface area contributed by atoms with Gasteiger partial charge in [0.1, 0.15) is 5.82 Å². The number of fused-ring (bicyclic) bond motifs is 1. The number of aromatic nitrogens is 2. The Hall–Kier alpha value is -2.48. The molecule has 0 saturated carbocycles. The lowest BCUT2D eigenvalue weighted by atomic mass is 9.98. The van der Waals surface area contributed by atoms with Gasteiger partial charge in [-0.15, -0.1) is 11.8 Å². The van der Waals surface area contributed by atoms with E-state index >= 15 is 0 Å². The molecule has 1 atom stereocenters.